The van der Waals surface area contributed by atoms with Crippen LogP contribution in [0.2, 0.25) is 0 Å². The second-order valence-electron chi connectivity index (χ2n) is 3.63. The minimum atomic E-state index is -0.487. The van der Waals surface area contributed by atoms with Crippen molar-refractivity contribution in [1.82, 2.24) is 0 Å². The first-order valence-corrected chi connectivity index (χ1v) is 5.12. The molecule has 2 nitrogen and oxygen atoms in total. The average Bonchev–Trinajstić information content (AvgIpc) is 2.31. The lowest BCUT2D eigenvalue weighted by Gasteiger charge is -2.36. The van der Waals surface area contributed by atoms with Crippen LogP contribution in [0.4, 0.5) is 0 Å². The third-order valence-electron chi connectivity index (χ3n) is 2.78. The van der Waals surface area contributed by atoms with Crippen LogP contribution in [-0.4, -0.2) is 13.7 Å². The van der Waals surface area contributed by atoms with Gasteiger partial charge in [-0.1, -0.05) is 30.3 Å². The number of methoxy groups -OCH3 is 1. The van der Waals surface area contributed by atoms with Crippen LogP contribution in [0.25, 0.3) is 0 Å². The van der Waals surface area contributed by atoms with E-state index in [1.165, 1.54) is 6.42 Å². The summed E-state index contributed by atoms with van der Waals surface area (Å²) in [4.78, 5) is 0. The summed E-state index contributed by atoms with van der Waals surface area (Å²) < 4.78 is 11.3. The van der Waals surface area contributed by atoms with Gasteiger partial charge in [-0.15, -0.1) is 0 Å². The molecule has 1 aromatic rings. The Balaban J connectivity index is 2.27. The van der Waals surface area contributed by atoms with Gasteiger partial charge in [0.05, 0.1) is 6.61 Å². The zero-order valence-corrected chi connectivity index (χ0v) is 8.53. The van der Waals surface area contributed by atoms with Gasteiger partial charge in [-0.05, 0) is 12.8 Å². The Morgan fingerprint density at radius 2 is 2.00 bits per heavy atom. The highest BCUT2D eigenvalue weighted by atomic mass is 16.7. The second-order valence-corrected chi connectivity index (χ2v) is 3.63. The predicted octanol–water partition coefficient (Wildman–Crippen LogP) is 2.69. The fourth-order valence-corrected chi connectivity index (χ4v) is 1.97. The molecule has 1 aliphatic rings. The highest BCUT2D eigenvalue weighted by molar-refractivity contribution is 5.20. The van der Waals surface area contributed by atoms with Crippen molar-refractivity contribution in [3.63, 3.8) is 0 Å². The molecular weight excluding hydrogens is 176 g/mol. The lowest BCUT2D eigenvalue weighted by Crippen LogP contribution is -2.35. The molecule has 2 rings (SSSR count). The molecule has 0 N–H and O–H groups in total. The first-order chi connectivity index (χ1) is 6.87. The van der Waals surface area contributed by atoms with E-state index in [-0.39, 0.29) is 0 Å². The van der Waals surface area contributed by atoms with Crippen molar-refractivity contribution in [2.45, 2.75) is 25.0 Å². The molecule has 0 aliphatic carbocycles. The first kappa shape index (κ1) is 9.69. The molecule has 0 radical (unpaired) electrons. The van der Waals surface area contributed by atoms with Gasteiger partial charge in [0.25, 0.3) is 0 Å². The molecule has 0 spiro atoms. The van der Waals surface area contributed by atoms with Crippen LogP contribution in [0.5, 0.6) is 0 Å². The molecule has 0 aromatic heterocycles. The van der Waals surface area contributed by atoms with Crippen molar-refractivity contribution >= 4 is 0 Å². The van der Waals surface area contributed by atoms with Crippen LogP contribution >= 0.6 is 0 Å². The minimum Gasteiger partial charge on any atom is -0.349 e. The normalized spacial score (nSPS) is 27.5. The van der Waals surface area contributed by atoms with Crippen molar-refractivity contribution in [2.75, 3.05) is 13.7 Å². The van der Waals surface area contributed by atoms with Gasteiger partial charge >= 0.3 is 0 Å². The quantitative estimate of drug-likeness (QED) is 0.717. The Kier molecular flexibility index (Phi) is 2.85. The maximum Gasteiger partial charge on any atom is 0.194 e. The van der Waals surface area contributed by atoms with E-state index in [2.05, 4.69) is 12.1 Å². The third kappa shape index (κ3) is 1.68. The fourth-order valence-electron chi connectivity index (χ4n) is 1.97. The van der Waals surface area contributed by atoms with E-state index in [0.29, 0.717) is 0 Å². The maximum absolute atomic E-state index is 5.78. The summed E-state index contributed by atoms with van der Waals surface area (Å²) in [6, 6.07) is 10.2. The van der Waals surface area contributed by atoms with Gasteiger partial charge < -0.3 is 9.47 Å². The van der Waals surface area contributed by atoms with Gasteiger partial charge in [0, 0.05) is 19.1 Å². The minimum absolute atomic E-state index is 0.487. The number of benzene rings is 1. The van der Waals surface area contributed by atoms with E-state index in [1.54, 1.807) is 7.11 Å². The molecule has 1 aromatic carbocycles. The van der Waals surface area contributed by atoms with Gasteiger partial charge in [-0.25, -0.2) is 0 Å². The largest absolute Gasteiger partial charge is 0.349 e. The van der Waals surface area contributed by atoms with E-state index in [1.807, 2.05) is 18.2 Å². The van der Waals surface area contributed by atoms with Gasteiger partial charge in [0.15, 0.2) is 5.79 Å². The van der Waals surface area contributed by atoms with Crippen LogP contribution in [0, 0.1) is 0 Å². The number of hydrogen-bond acceptors (Lipinski definition) is 2. The van der Waals surface area contributed by atoms with Gasteiger partial charge in [0.2, 0.25) is 0 Å². The lowest BCUT2D eigenvalue weighted by atomic mass is 9.97. The molecule has 0 bridgehead atoms. The highest BCUT2D eigenvalue weighted by Gasteiger charge is 2.34. The van der Waals surface area contributed by atoms with Crippen LogP contribution in [0.15, 0.2) is 30.3 Å². The summed E-state index contributed by atoms with van der Waals surface area (Å²) in [6.07, 6.45) is 3.26. The van der Waals surface area contributed by atoms with E-state index in [0.717, 1.165) is 25.0 Å². The van der Waals surface area contributed by atoms with Gasteiger partial charge in [0.1, 0.15) is 0 Å². The molecule has 1 aliphatic heterocycles. The highest BCUT2D eigenvalue weighted by Crippen LogP contribution is 2.35. The Bertz CT molecular complexity index is 276. The van der Waals surface area contributed by atoms with E-state index < -0.39 is 5.79 Å². The van der Waals surface area contributed by atoms with Gasteiger partial charge in [-0.2, -0.15) is 0 Å². The number of hydrogen-bond donors (Lipinski definition) is 0. The van der Waals surface area contributed by atoms with Crippen LogP contribution in [0.1, 0.15) is 24.8 Å². The van der Waals surface area contributed by atoms with Crippen molar-refractivity contribution < 1.29 is 9.47 Å². The summed E-state index contributed by atoms with van der Waals surface area (Å²) in [5.41, 5.74) is 1.13. The maximum atomic E-state index is 5.78. The Labute approximate surface area is 84.8 Å². The Hall–Kier alpha value is -0.860. The Morgan fingerprint density at radius 3 is 2.57 bits per heavy atom. The lowest BCUT2D eigenvalue weighted by molar-refractivity contribution is -0.251. The summed E-state index contributed by atoms with van der Waals surface area (Å²) in [6.45, 7) is 0.794. The third-order valence-corrected chi connectivity index (χ3v) is 2.78. The van der Waals surface area contributed by atoms with Gasteiger partial charge in [-0.3, -0.25) is 0 Å². The van der Waals surface area contributed by atoms with Crippen LogP contribution in [0.3, 0.4) is 0 Å². The zero-order valence-electron chi connectivity index (χ0n) is 8.53. The topological polar surface area (TPSA) is 18.5 Å². The van der Waals surface area contributed by atoms with Crippen molar-refractivity contribution in [1.29, 1.82) is 0 Å². The molecule has 1 unspecified atom stereocenters. The molecule has 0 saturated carbocycles. The molecular formula is C12H16O2. The van der Waals surface area contributed by atoms with E-state index >= 15 is 0 Å². The second kappa shape index (κ2) is 4.11. The van der Waals surface area contributed by atoms with E-state index in [4.69, 9.17) is 9.47 Å². The van der Waals surface area contributed by atoms with Crippen molar-refractivity contribution in [3.05, 3.63) is 35.9 Å². The van der Waals surface area contributed by atoms with Crippen LogP contribution < -0.4 is 0 Å². The first-order valence-electron chi connectivity index (χ1n) is 5.12. The number of rotatable bonds is 2. The smallest absolute Gasteiger partial charge is 0.194 e. The molecule has 14 heavy (non-hydrogen) atoms. The molecule has 2 heteroatoms. The average molecular weight is 192 g/mol. The Morgan fingerprint density at radius 1 is 1.21 bits per heavy atom. The molecule has 76 valence electrons. The summed E-state index contributed by atoms with van der Waals surface area (Å²) in [5, 5.41) is 0. The number of ether oxygens (including phenoxy) is 2. The SMILES string of the molecule is COC1(c2ccccc2)CCCCO1. The standard InChI is InChI=1S/C12H16O2/c1-13-12(9-5-6-10-14-12)11-7-3-2-4-8-11/h2-4,7-8H,5-6,9-10H2,1H3. The fraction of sp³-hybridized carbons (Fsp3) is 0.500. The molecule has 1 atom stereocenters. The molecule has 0 amide bonds. The molecule has 1 fully saturated rings. The van der Waals surface area contributed by atoms with Crippen molar-refractivity contribution in [3.8, 4) is 0 Å². The van der Waals surface area contributed by atoms with Crippen LogP contribution in [-0.2, 0) is 15.3 Å². The van der Waals surface area contributed by atoms with E-state index in [9.17, 15) is 0 Å². The summed E-state index contributed by atoms with van der Waals surface area (Å²) in [7, 11) is 1.72. The summed E-state index contributed by atoms with van der Waals surface area (Å²) in [5.74, 6) is -0.487. The molecule has 1 heterocycles. The summed E-state index contributed by atoms with van der Waals surface area (Å²) >= 11 is 0. The van der Waals surface area contributed by atoms with Crippen molar-refractivity contribution in [2.24, 2.45) is 0 Å². The predicted molar refractivity (Wildman–Crippen MR) is 54.9 cm³/mol. The monoisotopic (exact) mass is 192 g/mol. The zero-order chi connectivity index (χ0) is 9.86. The molecule has 1 saturated heterocycles.